The first-order valence-corrected chi connectivity index (χ1v) is 6.38. The van der Waals surface area contributed by atoms with Crippen LogP contribution in [0.5, 0.6) is 0 Å². The van der Waals surface area contributed by atoms with Gasteiger partial charge in [0.1, 0.15) is 0 Å². The van der Waals surface area contributed by atoms with Crippen LogP contribution in [0.2, 0.25) is 0 Å². The summed E-state index contributed by atoms with van der Waals surface area (Å²) in [7, 11) is 0. The molecular formula is C13H11N3S. The van der Waals surface area contributed by atoms with Gasteiger partial charge in [-0.1, -0.05) is 48.2 Å². The third-order valence-corrected chi connectivity index (χ3v) is 3.51. The van der Waals surface area contributed by atoms with E-state index in [1.807, 2.05) is 34.9 Å². The van der Waals surface area contributed by atoms with Gasteiger partial charge in [0.25, 0.3) is 0 Å². The Kier molecular flexibility index (Phi) is 2.80. The summed E-state index contributed by atoms with van der Waals surface area (Å²) in [4.78, 5) is 0. The fraction of sp³-hybridized carbons (Fsp3) is 0.0769. The molecule has 0 unspecified atom stereocenters. The van der Waals surface area contributed by atoms with Gasteiger partial charge < -0.3 is 0 Å². The van der Waals surface area contributed by atoms with Gasteiger partial charge in [-0.3, -0.25) is 4.40 Å². The van der Waals surface area contributed by atoms with Crippen LogP contribution in [0.1, 0.15) is 5.56 Å². The summed E-state index contributed by atoms with van der Waals surface area (Å²) in [6.45, 7) is 0. The molecule has 1 aromatic carbocycles. The van der Waals surface area contributed by atoms with Gasteiger partial charge in [0.15, 0.2) is 10.8 Å². The second kappa shape index (κ2) is 4.59. The monoisotopic (exact) mass is 241 g/mol. The average molecular weight is 241 g/mol. The fourth-order valence-electron chi connectivity index (χ4n) is 1.64. The van der Waals surface area contributed by atoms with E-state index in [1.54, 1.807) is 11.8 Å². The SMILES string of the molecule is c1ccc(CSc2nnc3ccccn23)cc1. The number of aromatic nitrogens is 3. The summed E-state index contributed by atoms with van der Waals surface area (Å²) >= 11 is 1.70. The zero-order chi connectivity index (χ0) is 11.5. The second-order valence-electron chi connectivity index (χ2n) is 3.69. The van der Waals surface area contributed by atoms with Crippen molar-refractivity contribution in [1.29, 1.82) is 0 Å². The molecule has 0 N–H and O–H groups in total. The van der Waals surface area contributed by atoms with Gasteiger partial charge in [-0.05, 0) is 17.7 Å². The molecule has 0 atom stereocenters. The van der Waals surface area contributed by atoms with Gasteiger partial charge >= 0.3 is 0 Å². The van der Waals surface area contributed by atoms with E-state index in [2.05, 4.69) is 34.5 Å². The summed E-state index contributed by atoms with van der Waals surface area (Å²) in [6.07, 6.45) is 1.99. The standard InChI is InChI=1S/C13H11N3S/c1-2-6-11(7-3-1)10-17-13-15-14-12-8-4-5-9-16(12)13/h1-9H,10H2. The first-order chi connectivity index (χ1) is 8.43. The van der Waals surface area contributed by atoms with E-state index in [1.165, 1.54) is 5.56 Å². The molecule has 0 saturated heterocycles. The van der Waals surface area contributed by atoms with Crippen molar-refractivity contribution >= 4 is 17.4 Å². The molecule has 0 aliphatic rings. The maximum absolute atomic E-state index is 4.19. The molecule has 0 spiro atoms. The Morgan fingerprint density at radius 3 is 2.65 bits per heavy atom. The average Bonchev–Trinajstić information content (AvgIpc) is 2.81. The fourth-order valence-corrected chi connectivity index (χ4v) is 2.52. The molecule has 17 heavy (non-hydrogen) atoms. The van der Waals surface area contributed by atoms with E-state index in [0.29, 0.717) is 0 Å². The molecule has 3 nitrogen and oxygen atoms in total. The number of fused-ring (bicyclic) bond motifs is 1. The van der Waals surface area contributed by atoms with Crippen LogP contribution in [0.4, 0.5) is 0 Å². The van der Waals surface area contributed by atoms with E-state index in [9.17, 15) is 0 Å². The summed E-state index contributed by atoms with van der Waals surface area (Å²) in [5.74, 6) is 0.913. The highest BCUT2D eigenvalue weighted by Crippen LogP contribution is 2.21. The van der Waals surface area contributed by atoms with Crippen LogP contribution >= 0.6 is 11.8 Å². The zero-order valence-electron chi connectivity index (χ0n) is 9.15. The molecule has 0 fully saturated rings. The van der Waals surface area contributed by atoms with Crippen molar-refractivity contribution in [3.63, 3.8) is 0 Å². The maximum Gasteiger partial charge on any atom is 0.195 e. The molecule has 0 aliphatic heterocycles. The molecule has 3 aromatic rings. The number of nitrogens with zero attached hydrogens (tertiary/aromatic N) is 3. The normalized spacial score (nSPS) is 10.8. The van der Waals surface area contributed by atoms with E-state index in [4.69, 9.17) is 0 Å². The number of hydrogen-bond acceptors (Lipinski definition) is 3. The Bertz CT molecular complexity index is 619. The number of rotatable bonds is 3. The summed E-state index contributed by atoms with van der Waals surface area (Å²) < 4.78 is 2.01. The number of benzene rings is 1. The van der Waals surface area contributed by atoms with Crippen molar-refractivity contribution in [2.24, 2.45) is 0 Å². The largest absolute Gasteiger partial charge is 0.277 e. The van der Waals surface area contributed by atoms with Crippen LogP contribution in [0, 0.1) is 0 Å². The van der Waals surface area contributed by atoms with Crippen molar-refractivity contribution in [3.8, 4) is 0 Å². The third-order valence-electron chi connectivity index (χ3n) is 2.49. The highest BCUT2D eigenvalue weighted by molar-refractivity contribution is 7.98. The summed E-state index contributed by atoms with van der Waals surface area (Å²) in [5, 5.41) is 9.24. The molecule has 0 amide bonds. The zero-order valence-corrected chi connectivity index (χ0v) is 9.97. The van der Waals surface area contributed by atoms with Crippen LogP contribution in [0.3, 0.4) is 0 Å². The lowest BCUT2D eigenvalue weighted by molar-refractivity contribution is 0.921. The van der Waals surface area contributed by atoms with Crippen LogP contribution in [0.25, 0.3) is 5.65 Å². The Labute approximate surface area is 104 Å². The molecule has 0 bridgehead atoms. The molecule has 3 rings (SSSR count). The molecular weight excluding hydrogens is 230 g/mol. The highest BCUT2D eigenvalue weighted by atomic mass is 32.2. The summed E-state index contributed by atoms with van der Waals surface area (Å²) in [6, 6.07) is 16.3. The molecule has 0 saturated carbocycles. The minimum atomic E-state index is 0.892. The summed E-state index contributed by atoms with van der Waals surface area (Å²) in [5.41, 5.74) is 2.19. The highest BCUT2D eigenvalue weighted by Gasteiger charge is 2.04. The van der Waals surface area contributed by atoms with Crippen LogP contribution in [0.15, 0.2) is 59.9 Å². The van der Waals surface area contributed by atoms with Crippen molar-refractivity contribution in [1.82, 2.24) is 14.6 Å². The lowest BCUT2D eigenvalue weighted by Gasteiger charge is -1.99. The van der Waals surface area contributed by atoms with Gasteiger partial charge in [-0.2, -0.15) is 0 Å². The predicted octanol–water partition coefficient (Wildman–Crippen LogP) is 3.02. The van der Waals surface area contributed by atoms with E-state index in [-0.39, 0.29) is 0 Å². The lowest BCUT2D eigenvalue weighted by atomic mass is 10.2. The first-order valence-electron chi connectivity index (χ1n) is 5.40. The second-order valence-corrected chi connectivity index (χ2v) is 4.63. The Morgan fingerprint density at radius 2 is 1.76 bits per heavy atom. The molecule has 0 aliphatic carbocycles. The van der Waals surface area contributed by atoms with Gasteiger partial charge in [-0.15, -0.1) is 10.2 Å². The number of thioether (sulfide) groups is 1. The van der Waals surface area contributed by atoms with Crippen LogP contribution in [-0.2, 0) is 5.75 Å². The Morgan fingerprint density at radius 1 is 0.941 bits per heavy atom. The quantitative estimate of drug-likeness (QED) is 0.660. The van der Waals surface area contributed by atoms with Crippen molar-refractivity contribution in [2.75, 3.05) is 0 Å². The molecule has 4 heteroatoms. The molecule has 0 radical (unpaired) electrons. The van der Waals surface area contributed by atoms with Gasteiger partial charge in [0, 0.05) is 11.9 Å². The van der Waals surface area contributed by atoms with E-state index in [0.717, 1.165) is 16.6 Å². The van der Waals surface area contributed by atoms with E-state index >= 15 is 0 Å². The van der Waals surface area contributed by atoms with Crippen molar-refractivity contribution in [2.45, 2.75) is 10.9 Å². The number of pyridine rings is 1. The smallest absolute Gasteiger partial charge is 0.195 e. The van der Waals surface area contributed by atoms with Crippen LogP contribution in [-0.4, -0.2) is 14.6 Å². The van der Waals surface area contributed by atoms with Gasteiger partial charge in [-0.25, -0.2) is 0 Å². The predicted molar refractivity (Wildman–Crippen MR) is 69.0 cm³/mol. The van der Waals surface area contributed by atoms with Crippen molar-refractivity contribution in [3.05, 3.63) is 60.3 Å². The topological polar surface area (TPSA) is 30.2 Å². The number of hydrogen-bond donors (Lipinski definition) is 0. The van der Waals surface area contributed by atoms with Gasteiger partial charge in [0.2, 0.25) is 0 Å². The maximum atomic E-state index is 4.19. The minimum absolute atomic E-state index is 0.892. The molecule has 84 valence electrons. The van der Waals surface area contributed by atoms with Crippen molar-refractivity contribution < 1.29 is 0 Å². The van der Waals surface area contributed by atoms with E-state index < -0.39 is 0 Å². The van der Waals surface area contributed by atoms with Crippen LogP contribution < -0.4 is 0 Å². The lowest BCUT2D eigenvalue weighted by Crippen LogP contribution is -1.87. The Hall–Kier alpha value is -1.81. The minimum Gasteiger partial charge on any atom is -0.277 e. The molecule has 2 aromatic heterocycles. The van der Waals surface area contributed by atoms with Gasteiger partial charge in [0.05, 0.1) is 0 Å². The first kappa shape index (κ1) is 10.4. The Balaban J connectivity index is 1.82. The molecule has 2 heterocycles. The third kappa shape index (κ3) is 2.17.